The molecule has 0 radical (unpaired) electrons. The van der Waals surface area contributed by atoms with E-state index in [2.05, 4.69) is 103 Å². The van der Waals surface area contributed by atoms with Crippen LogP contribution in [0.4, 0.5) is 0 Å². The second-order valence-corrected chi connectivity index (χ2v) is 9.52. The molecule has 30 heavy (non-hydrogen) atoms. The van der Waals surface area contributed by atoms with E-state index in [0.29, 0.717) is 0 Å². The van der Waals surface area contributed by atoms with E-state index in [-0.39, 0.29) is 5.41 Å². The van der Waals surface area contributed by atoms with E-state index in [1.54, 1.807) is 11.8 Å². The third-order valence-electron chi connectivity index (χ3n) is 5.15. The van der Waals surface area contributed by atoms with Crippen molar-refractivity contribution in [3.8, 4) is 17.1 Å². The molecule has 0 bridgehead atoms. The van der Waals surface area contributed by atoms with Gasteiger partial charge in [0.15, 0.2) is 11.0 Å². The van der Waals surface area contributed by atoms with Gasteiger partial charge < -0.3 is 0 Å². The molecular formula is C26H27N3S. The first kappa shape index (κ1) is 20.4. The highest BCUT2D eigenvalue weighted by atomic mass is 32.2. The molecule has 152 valence electrons. The summed E-state index contributed by atoms with van der Waals surface area (Å²) in [6, 6.07) is 27.7. The molecule has 4 rings (SSSR count). The van der Waals surface area contributed by atoms with Crippen LogP contribution in [0.25, 0.3) is 17.1 Å². The second-order valence-electron chi connectivity index (χ2n) is 8.58. The van der Waals surface area contributed by atoms with Gasteiger partial charge in [-0.2, -0.15) is 0 Å². The van der Waals surface area contributed by atoms with Crippen LogP contribution in [-0.4, -0.2) is 14.8 Å². The van der Waals surface area contributed by atoms with Gasteiger partial charge in [-0.15, -0.1) is 10.2 Å². The van der Waals surface area contributed by atoms with Crippen LogP contribution < -0.4 is 0 Å². The Morgan fingerprint density at radius 2 is 1.47 bits per heavy atom. The predicted molar refractivity (Wildman–Crippen MR) is 126 cm³/mol. The highest BCUT2D eigenvalue weighted by molar-refractivity contribution is 7.98. The van der Waals surface area contributed by atoms with Crippen LogP contribution in [0.1, 0.15) is 37.5 Å². The molecule has 0 aliphatic carbocycles. The van der Waals surface area contributed by atoms with Crippen LogP contribution >= 0.6 is 11.8 Å². The van der Waals surface area contributed by atoms with Crippen LogP contribution in [0.15, 0.2) is 84.0 Å². The molecule has 0 spiro atoms. The maximum absolute atomic E-state index is 4.54. The van der Waals surface area contributed by atoms with Crippen molar-refractivity contribution < 1.29 is 0 Å². The second kappa shape index (κ2) is 8.49. The fraction of sp³-hybridized carbons (Fsp3) is 0.231. The molecule has 1 heterocycles. The Morgan fingerprint density at radius 3 is 2.10 bits per heavy atom. The van der Waals surface area contributed by atoms with E-state index in [1.807, 2.05) is 18.2 Å². The summed E-state index contributed by atoms with van der Waals surface area (Å²) in [5, 5.41) is 9.98. The van der Waals surface area contributed by atoms with Crippen molar-refractivity contribution in [1.82, 2.24) is 14.8 Å². The summed E-state index contributed by atoms with van der Waals surface area (Å²) in [5.41, 5.74) is 6.18. The summed E-state index contributed by atoms with van der Waals surface area (Å²) in [7, 11) is 0. The SMILES string of the molecule is Cc1ccc(-c2nnc(SCc3ccc(C(C)(C)C)cc3)n2-c2ccccc2)cc1. The van der Waals surface area contributed by atoms with E-state index in [1.165, 1.54) is 16.7 Å². The minimum absolute atomic E-state index is 0.169. The minimum Gasteiger partial charge on any atom is -0.270 e. The van der Waals surface area contributed by atoms with Gasteiger partial charge in [0, 0.05) is 17.0 Å². The first-order valence-corrected chi connectivity index (χ1v) is 11.2. The largest absolute Gasteiger partial charge is 0.270 e. The number of thioether (sulfide) groups is 1. The molecular weight excluding hydrogens is 386 g/mol. The molecule has 0 saturated heterocycles. The van der Waals surface area contributed by atoms with Crippen molar-refractivity contribution in [3.05, 3.63) is 95.6 Å². The Labute approximate surface area is 183 Å². The lowest BCUT2D eigenvalue weighted by Gasteiger charge is -2.19. The molecule has 0 saturated carbocycles. The van der Waals surface area contributed by atoms with Gasteiger partial charge in [-0.1, -0.05) is 105 Å². The number of nitrogens with zero attached hydrogens (tertiary/aromatic N) is 3. The van der Waals surface area contributed by atoms with Gasteiger partial charge in [0.2, 0.25) is 0 Å². The van der Waals surface area contributed by atoms with E-state index in [4.69, 9.17) is 0 Å². The molecule has 0 aliphatic heterocycles. The van der Waals surface area contributed by atoms with Gasteiger partial charge in [0.05, 0.1) is 0 Å². The molecule has 0 atom stereocenters. The summed E-state index contributed by atoms with van der Waals surface area (Å²) in [4.78, 5) is 0. The van der Waals surface area contributed by atoms with Crippen LogP contribution in [0, 0.1) is 6.92 Å². The van der Waals surface area contributed by atoms with Gasteiger partial charge in [-0.3, -0.25) is 4.57 Å². The monoisotopic (exact) mass is 413 g/mol. The van der Waals surface area contributed by atoms with E-state index in [9.17, 15) is 0 Å². The number of rotatable bonds is 5. The number of benzene rings is 3. The molecule has 3 nitrogen and oxygen atoms in total. The zero-order chi connectivity index (χ0) is 21.1. The molecule has 0 fully saturated rings. The normalized spacial score (nSPS) is 11.6. The lowest BCUT2D eigenvalue weighted by atomic mass is 9.87. The Morgan fingerprint density at radius 1 is 0.800 bits per heavy atom. The maximum atomic E-state index is 4.54. The van der Waals surface area contributed by atoms with Gasteiger partial charge in [-0.25, -0.2) is 0 Å². The smallest absolute Gasteiger partial charge is 0.196 e. The van der Waals surface area contributed by atoms with Crippen LogP contribution in [0.2, 0.25) is 0 Å². The number of hydrogen-bond donors (Lipinski definition) is 0. The zero-order valence-corrected chi connectivity index (χ0v) is 18.8. The van der Waals surface area contributed by atoms with Crippen molar-refractivity contribution in [1.29, 1.82) is 0 Å². The molecule has 0 amide bonds. The standard InChI is InChI=1S/C26H27N3S/c1-19-10-14-21(15-11-19)24-27-28-25(29(24)23-8-6-5-7-9-23)30-18-20-12-16-22(17-13-20)26(2,3)4/h5-17H,18H2,1-4H3. The molecule has 1 aromatic heterocycles. The number of aromatic nitrogens is 3. The molecule has 0 aliphatic rings. The summed E-state index contributed by atoms with van der Waals surface area (Å²) < 4.78 is 2.15. The van der Waals surface area contributed by atoms with Crippen LogP contribution in [0.3, 0.4) is 0 Å². The predicted octanol–water partition coefficient (Wildman–Crippen LogP) is 6.83. The van der Waals surface area contributed by atoms with E-state index in [0.717, 1.165) is 28.0 Å². The average Bonchev–Trinajstić information content (AvgIpc) is 3.17. The van der Waals surface area contributed by atoms with Crippen molar-refractivity contribution in [2.75, 3.05) is 0 Å². The van der Waals surface area contributed by atoms with Gasteiger partial charge in [0.1, 0.15) is 0 Å². The van der Waals surface area contributed by atoms with Crippen molar-refractivity contribution >= 4 is 11.8 Å². The first-order chi connectivity index (χ1) is 14.4. The third kappa shape index (κ3) is 4.49. The van der Waals surface area contributed by atoms with Gasteiger partial charge in [-0.05, 0) is 35.6 Å². The molecule has 4 heteroatoms. The Hall–Kier alpha value is -2.85. The topological polar surface area (TPSA) is 30.7 Å². The van der Waals surface area contributed by atoms with Crippen LogP contribution in [0.5, 0.6) is 0 Å². The van der Waals surface area contributed by atoms with Crippen LogP contribution in [-0.2, 0) is 11.2 Å². The zero-order valence-electron chi connectivity index (χ0n) is 18.0. The van der Waals surface area contributed by atoms with Gasteiger partial charge in [0.25, 0.3) is 0 Å². The minimum atomic E-state index is 0.169. The fourth-order valence-electron chi connectivity index (χ4n) is 3.31. The van der Waals surface area contributed by atoms with Crippen molar-refractivity contribution in [3.63, 3.8) is 0 Å². The quantitative estimate of drug-likeness (QED) is 0.336. The summed E-state index contributed by atoms with van der Waals surface area (Å²) in [6.45, 7) is 8.82. The summed E-state index contributed by atoms with van der Waals surface area (Å²) in [5.74, 6) is 1.72. The average molecular weight is 414 g/mol. The molecule has 0 unspecified atom stereocenters. The number of para-hydroxylation sites is 1. The fourth-order valence-corrected chi connectivity index (χ4v) is 4.22. The van der Waals surface area contributed by atoms with Crippen molar-refractivity contribution in [2.45, 2.75) is 44.0 Å². The Kier molecular flexibility index (Phi) is 5.78. The van der Waals surface area contributed by atoms with Crippen molar-refractivity contribution in [2.24, 2.45) is 0 Å². The van der Waals surface area contributed by atoms with Gasteiger partial charge >= 0.3 is 0 Å². The molecule has 3 aromatic carbocycles. The Balaban J connectivity index is 1.64. The molecule has 0 N–H and O–H groups in total. The summed E-state index contributed by atoms with van der Waals surface area (Å²) in [6.07, 6.45) is 0. The molecule has 4 aromatic rings. The highest BCUT2D eigenvalue weighted by Crippen LogP contribution is 2.30. The van der Waals surface area contributed by atoms with E-state index >= 15 is 0 Å². The number of hydrogen-bond acceptors (Lipinski definition) is 3. The third-order valence-corrected chi connectivity index (χ3v) is 6.15. The summed E-state index contributed by atoms with van der Waals surface area (Å²) >= 11 is 1.72. The van der Waals surface area contributed by atoms with E-state index < -0.39 is 0 Å². The number of aryl methyl sites for hydroxylation is 1. The first-order valence-electron chi connectivity index (χ1n) is 10.2. The lowest BCUT2D eigenvalue weighted by molar-refractivity contribution is 0.590. The highest BCUT2D eigenvalue weighted by Gasteiger charge is 2.17. The maximum Gasteiger partial charge on any atom is 0.196 e. The lowest BCUT2D eigenvalue weighted by Crippen LogP contribution is -2.10. The Bertz CT molecular complexity index is 1110.